The smallest absolute Gasteiger partial charge is 0.267 e. The quantitative estimate of drug-likeness (QED) is 0.233. The highest BCUT2D eigenvalue weighted by Gasteiger charge is 2.25. The highest BCUT2D eigenvalue weighted by atomic mass is 35.5. The number of benzene rings is 2. The number of nitrogens with zero attached hydrogens (tertiary/aromatic N) is 2. The van der Waals surface area contributed by atoms with Crippen LogP contribution >= 0.6 is 46.3 Å². The van der Waals surface area contributed by atoms with E-state index in [4.69, 9.17) is 28.2 Å². The molecule has 0 unspecified atom stereocenters. The van der Waals surface area contributed by atoms with Crippen LogP contribution < -0.4 is 10.9 Å². The maximum atomic E-state index is 13.8. The molecule has 5 rings (SSSR count). The van der Waals surface area contributed by atoms with Crippen LogP contribution in [0.3, 0.4) is 0 Å². The van der Waals surface area contributed by atoms with Gasteiger partial charge in [0.15, 0.2) is 5.16 Å². The minimum atomic E-state index is -0.284. The Labute approximate surface area is 215 Å². The average Bonchev–Trinajstić information content (AvgIpc) is 3.18. The number of thioether (sulfide) groups is 1. The molecule has 4 aromatic rings. The summed E-state index contributed by atoms with van der Waals surface area (Å²) in [5.41, 5.74) is 2.16. The Bertz CT molecular complexity index is 1430. The predicted octanol–water partition coefficient (Wildman–Crippen LogP) is 6.61. The van der Waals surface area contributed by atoms with Crippen LogP contribution in [-0.4, -0.2) is 21.2 Å². The van der Waals surface area contributed by atoms with Gasteiger partial charge in [-0.05, 0) is 55.0 Å². The fraction of sp³-hybridized carbons (Fsp3) is 0.240. The van der Waals surface area contributed by atoms with E-state index in [1.165, 1.54) is 16.6 Å². The van der Waals surface area contributed by atoms with Crippen LogP contribution in [0.15, 0.2) is 58.5 Å². The molecule has 0 saturated carbocycles. The third-order valence-electron chi connectivity index (χ3n) is 5.87. The Morgan fingerprint density at radius 2 is 1.91 bits per heavy atom. The Balaban J connectivity index is 1.52. The second-order valence-corrected chi connectivity index (χ2v) is 11.2. The first-order chi connectivity index (χ1) is 16.4. The van der Waals surface area contributed by atoms with Crippen molar-refractivity contribution in [2.45, 2.75) is 31.3 Å². The molecule has 1 aliphatic carbocycles. The zero-order valence-electron chi connectivity index (χ0n) is 18.3. The summed E-state index contributed by atoms with van der Waals surface area (Å²) in [4.78, 5) is 33.4. The van der Waals surface area contributed by atoms with Crippen LogP contribution in [0.25, 0.3) is 15.9 Å². The first kappa shape index (κ1) is 23.4. The molecule has 2 heterocycles. The van der Waals surface area contributed by atoms with Gasteiger partial charge in [-0.15, -0.1) is 11.3 Å². The molecule has 174 valence electrons. The highest BCUT2D eigenvalue weighted by Crippen LogP contribution is 2.37. The molecule has 1 N–H and O–H groups in total. The summed E-state index contributed by atoms with van der Waals surface area (Å²) in [5, 5.41) is 4.70. The molecular formula is C25H21Cl2N3O2S2. The van der Waals surface area contributed by atoms with Crippen LogP contribution in [0, 0.1) is 5.92 Å². The summed E-state index contributed by atoms with van der Waals surface area (Å²) >= 11 is 15.2. The van der Waals surface area contributed by atoms with E-state index in [0.717, 1.165) is 35.3 Å². The van der Waals surface area contributed by atoms with E-state index in [0.29, 0.717) is 32.2 Å². The van der Waals surface area contributed by atoms with Crippen LogP contribution in [0.2, 0.25) is 10.0 Å². The van der Waals surface area contributed by atoms with Crippen molar-refractivity contribution in [3.8, 4) is 5.69 Å². The highest BCUT2D eigenvalue weighted by molar-refractivity contribution is 7.99. The molecule has 9 heteroatoms. The van der Waals surface area contributed by atoms with Crippen molar-refractivity contribution in [1.82, 2.24) is 9.55 Å². The first-order valence-electron chi connectivity index (χ1n) is 10.9. The van der Waals surface area contributed by atoms with Crippen molar-refractivity contribution in [2.75, 3.05) is 11.1 Å². The number of aryl methyl sites for hydroxylation is 1. The van der Waals surface area contributed by atoms with E-state index in [-0.39, 0.29) is 17.2 Å². The van der Waals surface area contributed by atoms with Crippen molar-refractivity contribution >= 4 is 68.1 Å². The minimum Gasteiger partial charge on any atom is -0.323 e. The molecule has 34 heavy (non-hydrogen) atoms. The number of para-hydroxylation sites is 2. The van der Waals surface area contributed by atoms with Gasteiger partial charge in [-0.3, -0.25) is 14.2 Å². The topological polar surface area (TPSA) is 64.0 Å². The van der Waals surface area contributed by atoms with E-state index in [9.17, 15) is 9.59 Å². The maximum absolute atomic E-state index is 13.8. The number of rotatable bonds is 5. The average molecular weight is 531 g/mol. The zero-order valence-corrected chi connectivity index (χ0v) is 21.5. The minimum absolute atomic E-state index is 0.0501. The molecule has 1 aliphatic rings. The van der Waals surface area contributed by atoms with E-state index in [1.807, 2.05) is 30.3 Å². The predicted molar refractivity (Wildman–Crippen MR) is 142 cm³/mol. The van der Waals surface area contributed by atoms with Gasteiger partial charge in [0.05, 0.1) is 32.6 Å². The molecule has 2 aromatic heterocycles. The van der Waals surface area contributed by atoms with Crippen LogP contribution in [0.4, 0.5) is 5.69 Å². The third-order valence-corrected chi connectivity index (χ3v) is 8.59. The normalized spacial score (nSPS) is 15.3. The molecule has 0 bridgehead atoms. The van der Waals surface area contributed by atoms with Gasteiger partial charge in [-0.2, -0.15) is 0 Å². The second-order valence-electron chi connectivity index (χ2n) is 8.34. The number of hydrogen-bond donors (Lipinski definition) is 1. The van der Waals surface area contributed by atoms with E-state index in [2.05, 4.69) is 12.2 Å². The van der Waals surface area contributed by atoms with Gasteiger partial charge in [0.2, 0.25) is 5.91 Å². The van der Waals surface area contributed by atoms with Gasteiger partial charge < -0.3 is 5.32 Å². The van der Waals surface area contributed by atoms with Gasteiger partial charge in [0.1, 0.15) is 4.83 Å². The summed E-state index contributed by atoms with van der Waals surface area (Å²) < 4.78 is 1.62. The fourth-order valence-electron chi connectivity index (χ4n) is 4.20. The lowest BCUT2D eigenvalue weighted by Gasteiger charge is -2.17. The summed E-state index contributed by atoms with van der Waals surface area (Å²) in [6.07, 6.45) is 2.95. The zero-order chi connectivity index (χ0) is 23.8. The lowest BCUT2D eigenvalue weighted by Crippen LogP contribution is -2.23. The summed E-state index contributed by atoms with van der Waals surface area (Å²) in [6.45, 7) is 2.24. The van der Waals surface area contributed by atoms with Crippen molar-refractivity contribution in [3.63, 3.8) is 0 Å². The molecule has 0 aliphatic heterocycles. The number of hydrogen-bond acceptors (Lipinski definition) is 5. The van der Waals surface area contributed by atoms with Gasteiger partial charge in [0, 0.05) is 4.88 Å². The number of fused-ring (bicyclic) bond motifs is 3. The SMILES string of the molecule is C[C@@H]1CCc2c(sc3nc(SCC(=O)Nc4c(Cl)cccc4Cl)n(-c4ccccc4)c(=O)c23)C1. The molecule has 5 nitrogen and oxygen atoms in total. The molecule has 1 atom stereocenters. The third kappa shape index (κ3) is 4.50. The standard InChI is InChI=1S/C25H21Cl2N3O2S2/c1-14-10-11-16-19(12-14)34-23-21(16)24(32)30(15-6-3-2-4-7-15)25(29-23)33-13-20(31)28-22-17(26)8-5-9-18(22)27/h2-9,14H,10-13H2,1H3,(H,28,31)/t14-/m1/s1. The summed E-state index contributed by atoms with van der Waals surface area (Å²) in [5.74, 6) is 0.369. The Kier molecular flexibility index (Phi) is 6.71. The lowest BCUT2D eigenvalue weighted by atomic mass is 9.89. The molecule has 0 spiro atoms. The number of thiophene rings is 1. The number of nitrogens with one attached hydrogen (secondary N) is 1. The number of halogens is 2. The molecule has 2 aromatic carbocycles. The van der Waals surface area contributed by atoms with Gasteiger partial charge in [0.25, 0.3) is 5.56 Å². The van der Waals surface area contributed by atoms with E-state index in [1.54, 1.807) is 34.1 Å². The number of amides is 1. The van der Waals surface area contributed by atoms with Crippen molar-refractivity contribution in [1.29, 1.82) is 0 Å². The Morgan fingerprint density at radius 3 is 2.65 bits per heavy atom. The maximum Gasteiger partial charge on any atom is 0.267 e. The van der Waals surface area contributed by atoms with Crippen molar-refractivity contribution < 1.29 is 4.79 Å². The number of carbonyl (C=O) groups excluding carboxylic acids is 1. The molecule has 0 radical (unpaired) electrons. The monoisotopic (exact) mass is 529 g/mol. The number of aromatic nitrogens is 2. The molecule has 1 amide bonds. The van der Waals surface area contributed by atoms with Crippen molar-refractivity contribution in [2.24, 2.45) is 5.92 Å². The second kappa shape index (κ2) is 9.74. The Morgan fingerprint density at radius 1 is 1.18 bits per heavy atom. The van der Waals surface area contributed by atoms with Crippen molar-refractivity contribution in [3.05, 3.63) is 79.4 Å². The number of anilines is 1. The van der Waals surface area contributed by atoms with E-state index >= 15 is 0 Å². The largest absolute Gasteiger partial charge is 0.323 e. The first-order valence-corrected chi connectivity index (χ1v) is 13.5. The van der Waals surface area contributed by atoms with Crippen LogP contribution in [0.5, 0.6) is 0 Å². The molecular weight excluding hydrogens is 509 g/mol. The van der Waals surface area contributed by atoms with Gasteiger partial charge in [-0.25, -0.2) is 4.98 Å². The van der Waals surface area contributed by atoms with Gasteiger partial charge >= 0.3 is 0 Å². The number of carbonyl (C=O) groups is 1. The summed E-state index contributed by atoms with van der Waals surface area (Å²) in [6, 6.07) is 14.5. The van der Waals surface area contributed by atoms with Gasteiger partial charge in [-0.1, -0.05) is 66.2 Å². The lowest BCUT2D eigenvalue weighted by molar-refractivity contribution is -0.113. The van der Waals surface area contributed by atoms with Crippen LogP contribution in [-0.2, 0) is 17.6 Å². The fourth-order valence-corrected chi connectivity index (χ4v) is 6.92. The van der Waals surface area contributed by atoms with E-state index < -0.39 is 0 Å². The molecule has 0 saturated heterocycles. The molecule has 0 fully saturated rings. The van der Waals surface area contributed by atoms with Crippen LogP contribution in [0.1, 0.15) is 23.8 Å². The Hall–Kier alpha value is -2.32. The summed E-state index contributed by atoms with van der Waals surface area (Å²) in [7, 11) is 0.